The second kappa shape index (κ2) is 9.59. The molecule has 1 aromatic heterocycles. The number of rotatable bonds is 8. The molecule has 0 radical (unpaired) electrons. The van der Waals surface area contributed by atoms with Crippen molar-refractivity contribution in [3.63, 3.8) is 0 Å². The molecule has 3 aromatic rings. The lowest BCUT2D eigenvalue weighted by atomic mass is 10.1. The number of carbonyl (C=O) groups is 1. The van der Waals surface area contributed by atoms with Crippen molar-refractivity contribution < 1.29 is 4.79 Å². The highest BCUT2D eigenvalue weighted by atomic mass is 79.9. The van der Waals surface area contributed by atoms with Crippen LogP contribution in [0.15, 0.2) is 64.2 Å². The topological polar surface area (TPSA) is 51.0 Å². The molecule has 1 aliphatic heterocycles. The molecule has 0 atom stereocenters. The van der Waals surface area contributed by atoms with E-state index in [1.165, 1.54) is 5.56 Å². The zero-order chi connectivity index (χ0) is 20.1. The minimum Gasteiger partial charge on any atom is -0.342 e. The maximum Gasteiger partial charge on any atom is 0.222 e. The van der Waals surface area contributed by atoms with Gasteiger partial charge in [0.25, 0.3) is 0 Å². The van der Waals surface area contributed by atoms with Crippen LogP contribution >= 0.6 is 27.7 Å². The third kappa shape index (κ3) is 5.08. The number of amides is 1. The second-order valence-corrected chi connectivity index (χ2v) is 9.01. The van der Waals surface area contributed by atoms with Gasteiger partial charge in [0, 0.05) is 41.8 Å². The zero-order valence-electron chi connectivity index (χ0n) is 16.1. The van der Waals surface area contributed by atoms with Crippen LogP contribution < -0.4 is 0 Å². The summed E-state index contributed by atoms with van der Waals surface area (Å²) in [7, 11) is 0. The number of carbonyl (C=O) groups excluding carboxylic acids is 1. The molecule has 150 valence electrons. The Morgan fingerprint density at radius 1 is 1.00 bits per heavy atom. The van der Waals surface area contributed by atoms with Crippen molar-refractivity contribution in [2.75, 3.05) is 18.8 Å². The highest BCUT2D eigenvalue weighted by Crippen LogP contribution is 2.26. The lowest BCUT2D eigenvalue weighted by molar-refractivity contribution is -0.127. The molecule has 0 unspecified atom stereocenters. The van der Waals surface area contributed by atoms with Crippen molar-refractivity contribution >= 4 is 33.6 Å². The Kier molecular flexibility index (Phi) is 6.67. The number of hydrogen-bond acceptors (Lipinski definition) is 4. The van der Waals surface area contributed by atoms with E-state index in [2.05, 4.69) is 67.1 Å². The Bertz CT molecular complexity index is 959. The molecule has 2 aromatic carbocycles. The first kappa shape index (κ1) is 20.2. The first-order chi connectivity index (χ1) is 14.2. The average molecular weight is 471 g/mol. The molecule has 0 N–H and O–H groups in total. The minimum absolute atomic E-state index is 0.270. The number of thioether (sulfide) groups is 1. The third-order valence-corrected chi connectivity index (χ3v) is 6.53. The number of nitrogens with zero attached hydrogens (tertiary/aromatic N) is 4. The van der Waals surface area contributed by atoms with Crippen molar-refractivity contribution in [3.05, 3.63) is 64.6 Å². The number of likely N-dealkylation sites (tertiary alicyclic amines) is 1. The van der Waals surface area contributed by atoms with Crippen LogP contribution in [0.3, 0.4) is 0 Å². The van der Waals surface area contributed by atoms with Gasteiger partial charge in [-0.3, -0.25) is 4.79 Å². The van der Waals surface area contributed by atoms with Gasteiger partial charge in [0.05, 0.1) is 0 Å². The summed E-state index contributed by atoms with van der Waals surface area (Å²) >= 11 is 5.17. The highest BCUT2D eigenvalue weighted by molar-refractivity contribution is 9.10. The average Bonchev–Trinajstić information content (AvgIpc) is 3.34. The fourth-order valence-electron chi connectivity index (χ4n) is 3.48. The van der Waals surface area contributed by atoms with Gasteiger partial charge in [0.1, 0.15) is 0 Å². The van der Waals surface area contributed by atoms with Crippen molar-refractivity contribution in [3.8, 4) is 11.4 Å². The van der Waals surface area contributed by atoms with E-state index in [9.17, 15) is 4.79 Å². The zero-order valence-corrected chi connectivity index (χ0v) is 18.5. The van der Waals surface area contributed by atoms with E-state index in [1.807, 2.05) is 23.1 Å². The van der Waals surface area contributed by atoms with Gasteiger partial charge in [-0.05, 0) is 30.5 Å². The van der Waals surface area contributed by atoms with Crippen molar-refractivity contribution in [1.82, 2.24) is 19.7 Å². The Morgan fingerprint density at radius 2 is 1.79 bits per heavy atom. The molecule has 5 nitrogen and oxygen atoms in total. The van der Waals surface area contributed by atoms with E-state index < -0.39 is 0 Å². The smallest absolute Gasteiger partial charge is 0.222 e. The lowest BCUT2D eigenvalue weighted by Gasteiger charge is -2.15. The highest BCUT2D eigenvalue weighted by Gasteiger charge is 2.20. The van der Waals surface area contributed by atoms with E-state index in [0.29, 0.717) is 6.42 Å². The maximum atomic E-state index is 11.8. The van der Waals surface area contributed by atoms with Gasteiger partial charge in [0.15, 0.2) is 11.0 Å². The summed E-state index contributed by atoms with van der Waals surface area (Å²) in [5.41, 5.74) is 2.34. The van der Waals surface area contributed by atoms with Crippen LogP contribution in [0.2, 0.25) is 0 Å². The van der Waals surface area contributed by atoms with Crippen LogP contribution in [0.25, 0.3) is 11.4 Å². The summed E-state index contributed by atoms with van der Waals surface area (Å²) in [5.74, 6) is 1.98. The second-order valence-electron chi connectivity index (χ2n) is 7.03. The number of aryl methyl sites for hydroxylation is 1. The molecule has 1 fully saturated rings. The molecule has 7 heteroatoms. The van der Waals surface area contributed by atoms with Crippen LogP contribution in [0.5, 0.6) is 0 Å². The Hall–Kier alpha value is -2.12. The predicted molar refractivity (Wildman–Crippen MR) is 120 cm³/mol. The maximum absolute atomic E-state index is 11.8. The Morgan fingerprint density at radius 3 is 2.52 bits per heavy atom. The Balaban J connectivity index is 1.51. The van der Waals surface area contributed by atoms with E-state index in [0.717, 1.165) is 59.2 Å². The van der Waals surface area contributed by atoms with E-state index in [-0.39, 0.29) is 5.91 Å². The molecule has 29 heavy (non-hydrogen) atoms. The summed E-state index contributed by atoms with van der Waals surface area (Å²) in [5, 5.41) is 9.87. The van der Waals surface area contributed by atoms with Crippen LogP contribution in [0, 0.1) is 0 Å². The molecule has 1 amide bonds. The standard InChI is InChI=1S/C22H23BrN4OS/c23-19-10-8-18(9-11-19)21-24-25-22(29-16-15-26-13-4-7-20(26)28)27(21)14-12-17-5-2-1-3-6-17/h1-3,5-6,8-11H,4,7,12-16H2. The molecule has 1 saturated heterocycles. The summed E-state index contributed by atoms with van der Waals surface area (Å²) < 4.78 is 3.24. The van der Waals surface area contributed by atoms with Crippen LogP contribution in [-0.2, 0) is 17.8 Å². The monoisotopic (exact) mass is 470 g/mol. The van der Waals surface area contributed by atoms with Crippen molar-refractivity contribution in [2.24, 2.45) is 0 Å². The fourth-order valence-corrected chi connectivity index (χ4v) is 4.67. The summed E-state index contributed by atoms with van der Waals surface area (Å²) in [6.45, 7) is 2.46. The summed E-state index contributed by atoms with van der Waals surface area (Å²) in [6.07, 6.45) is 2.58. The van der Waals surface area contributed by atoms with Gasteiger partial charge in [-0.2, -0.15) is 0 Å². The van der Waals surface area contributed by atoms with E-state index in [4.69, 9.17) is 0 Å². The largest absolute Gasteiger partial charge is 0.342 e. The normalized spacial score (nSPS) is 14.0. The fraction of sp³-hybridized carbons (Fsp3) is 0.318. The van der Waals surface area contributed by atoms with Gasteiger partial charge in [-0.25, -0.2) is 0 Å². The van der Waals surface area contributed by atoms with Crippen molar-refractivity contribution in [1.29, 1.82) is 0 Å². The number of aromatic nitrogens is 3. The molecule has 4 rings (SSSR count). The number of hydrogen-bond donors (Lipinski definition) is 0. The SMILES string of the molecule is O=C1CCCN1CCSc1nnc(-c2ccc(Br)cc2)n1CCc1ccccc1. The van der Waals surface area contributed by atoms with Crippen LogP contribution in [0.4, 0.5) is 0 Å². The van der Waals surface area contributed by atoms with Crippen LogP contribution in [-0.4, -0.2) is 44.4 Å². The van der Waals surface area contributed by atoms with Gasteiger partial charge in [-0.15, -0.1) is 10.2 Å². The van der Waals surface area contributed by atoms with Crippen molar-refractivity contribution in [2.45, 2.75) is 31.0 Å². The minimum atomic E-state index is 0.270. The van der Waals surface area contributed by atoms with Crippen LogP contribution in [0.1, 0.15) is 18.4 Å². The summed E-state index contributed by atoms with van der Waals surface area (Å²) in [4.78, 5) is 13.8. The molecular formula is C22H23BrN4OS. The Labute approximate surface area is 183 Å². The van der Waals surface area contributed by atoms with E-state index >= 15 is 0 Å². The van der Waals surface area contributed by atoms with Gasteiger partial charge in [0.2, 0.25) is 5.91 Å². The molecule has 0 spiro atoms. The van der Waals surface area contributed by atoms with E-state index in [1.54, 1.807) is 11.8 Å². The number of benzene rings is 2. The van der Waals surface area contributed by atoms with Gasteiger partial charge >= 0.3 is 0 Å². The molecular weight excluding hydrogens is 448 g/mol. The predicted octanol–water partition coefficient (Wildman–Crippen LogP) is 4.66. The first-order valence-corrected chi connectivity index (χ1v) is 11.6. The quantitative estimate of drug-likeness (QED) is 0.449. The number of halogens is 1. The molecule has 0 saturated carbocycles. The van der Waals surface area contributed by atoms with Gasteiger partial charge < -0.3 is 9.47 Å². The third-order valence-electron chi connectivity index (χ3n) is 5.05. The molecule has 0 bridgehead atoms. The van der Waals surface area contributed by atoms with Gasteiger partial charge in [-0.1, -0.05) is 70.2 Å². The first-order valence-electron chi connectivity index (χ1n) is 9.84. The molecule has 2 heterocycles. The summed E-state index contributed by atoms with van der Waals surface area (Å²) in [6, 6.07) is 18.6. The lowest BCUT2D eigenvalue weighted by Crippen LogP contribution is -2.27. The molecule has 0 aliphatic carbocycles. The molecule has 1 aliphatic rings.